The van der Waals surface area contributed by atoms with Gasteiger partial charge in [0.1, 0.15) is 22.7 Å². The van der Waals surface area contributed by atoms with E-state index in [1.807, 2.05) is 13.8 Å². The molecule has 1 aliphatic rings. The first-order chi connectivity index (χ1) is 10.8. The Bertz CT molecular complexity index is 764. The fraction of sp³-hybridized carbons (Fsp3) is 0.333. The molecule has 0 radical (unpaired) electrons. The van der Waals surface area contributed by atoms with Gasteiger partial charge in [0.15, 0.2) is 6.10 Å². The Morgan fingerprint density at radius 3 is 2.57 bits per heavy atom. The summed E-state index contributed by atoms with van der Waals surface area (Å²) in [4.78, 5) is 3.96. The number of pyridine rings is 1. The van der Waals surface area contributed by atoms with Crippen molar-refractivity contribution in [2.45, 2.75) is 38.1 Å². The number of fused-ring (bicyclic) bond motifs is 1. The highest BCUT2D eigenvalue weighted by Gasteiger charge is 2.54. The van der Waals surface area contributed by atoms with Crippen LogP contribution in [0.2, 0.25) is 0 Å². The monoisotopic (exact) mass is 310 g/mol. The first kappa shape index (κ1) is 15.3. The number of nitrogens with zero attached hydrogens (tertiary/aromatic N) is 2. The van der Waals surface area contributed by atoms with Crippen LogP contribution < -0.4 is 9.47 Å². The molecular formula is C18H18N2O3. The summed E-state index contributed by atoms with van der Waals surface area (Å²) in [7, 11) is 0. The van der Waals surface area contributed by atoms with Crippen molar-refractivity contribution in [3.05, 3.63) is 53.9 Å². The van der Waals surface area contributed by atoms with Gasteiger partial charge in [-0.05, 0) is 51.1 Å². The maximum absolute atomic E-state index is 11.1. The molecule has 1 aromatic heterocycles. The van der Waals surface area contributed by atoms with Crippen molar-refractivity contribution in [2.24, 2.45) is 0 Å². The van der Waals surface area contributed by atoms with Crippen molar-refractivity contribution in [3.63, 3.8) is 0 Å². The maximum atomic E-state index is 11.1. The van der Waals surface area contributed by atoms with Crippen molar-refractivity contribution < 1.29 is 14.6 Å². The largest absolute Gasteiger partial charge is 0.484 e. The van der Waals surface area contributed by atoms with Crippen LogP contribution in [0.4, 0.5) is 0 Å². The van der Waals surface area contributed by atoms with Crippen molar-refractivity contribution in [3.8, 4) is 17.6 Å². The van der Waals surface area contributed by atoms with Gasteiger partial charge in [-0.25, -0.2) is 0 Å². The fourth-order valence-electron chi connectivity index (χ4n) is 2.64. The highest BCUT2D eigenvalue weighted by molar-refractivity contribution is 5.47. The van der Waals surface area contributed by atoms with Gasteiger partial charge in [-0.3, -0.25) is 4.98 Å². The molecule has 118 valence electrons. The number of nitriles is 1. The summed E-state index contributed by atoms with van der Waals surface area (Å²) >= 11 is 0. The number of hydrogen-bond acceptors (Lipinski definition) is 5. The van der Waals surface area contributed by atoms with E-state index in [2.05, 4.69) is 11.1 Å². The molecule has 5 heteroatoms. The molecule has 1 aliphatic heterocycles. The van der Waals surface area contributed by atoms with Crippen molar-refractivity contribution in [2.75, 3.05) is 0 Å². The molecule has 2 atom stereocenters. The van der Waals surface area contributed by atoms with Crippen LogP contribution in [0.25, 0.3) is 0 Å². The van der Waals surface area contributed by atoms with Gasteiger partial charge in [0.05, 0.1) is 11.6 Å². The number of aromatic nitrogens is 1. The second-order valence-electron chi connectivity index (χ2n) is 6.31. The van der Waals surface area contributed by atoms with E-state index < -0.39 is 17.3 Å². The molecule has 0 bridgehead atoms. The van der Waals surface area contributed by atoms with Crippen LogP contribution in [0, 0.1) is 11.3 Å². The van der Waals surface area contributed by atoms with Gasteiger partial charge >= 0.3 is 0 Å². The van der Waals surface area contributed by atoms with E-state index in [0.29, 0.717) is 22.6 Å². The number of benzene rings is 1. The summed E-state index contributed by atoms with van der Waals surface area (Å²) in [6, 6.07) is 10.7. The third-order valence-corrected chi connectivity index (χ3v) is 4.42. The van der Waals surface area contributed by atoms with E-state index in [9.17, 15) is 5.11 Å². The predicted octanol–water partition coefficient (Wildman–Crippen LogP) is 3.00. The average Bonchev–Trinajstić information content (AvgIpc) is 2.52. The zero-order valence-corrected chi connectivity index (χ0v) is 13.3. The Labute approximate surface area is 135 Å². The van der Waals surface area contributed by atoms with E-state index in [0.717, 1.165) is 0 Å². The van der Waals surface area contributed by atoms with Crippen LogP contribution in [0.1, 0.15) is 38.0 Å². The number of aliphatic hydroxyl groups is 1. The molecular weight excluding hydrogens is 292 g/mol. The van der Waals surface area contributed by atoms with Crippen molar-refractivity contribution in [1.82, 2.24) is 4.98 Å². The number of rotatable bonds is 2. The van der Waals surface area contributed by atoms with E-state index in [-0.39, 0.29) is 0 Å². The molecule has 0 saturated heterocycles. The Morgan fingerprint density at radius 1 is 1.22 bits per heavy atom. The summed E-state index contributed by atoms with van der Waals surface area (Å²) in [6.07, 6.45) is 2.58. The topological polar surface area (TPSA) is 75.4 Å². The lowest BCUT2D eigenvalue weighted by Gasteiger charge is -2.48. The minimum absolute atomic E-state index is 0.492. The second-order valence-corrected chi connectivity index (χ2v) is 6.31. The Morgan fingerprint density at radius 2 is 1.91 bits per heavy atom. The first-order valence-corrected chi connectivity index (χ1v) is 7.37. The number of hydrogen-bond donors (Lipinski definition) is 1. The maximum Gasteiger partial charge on any atom is 0.160 e. The van der Waals surface area contributed by atoms with Gasteiger partial charge in [0, 0.05) is 18.0 Å². The van der Waals surface area contributed by atoms with Crippen LogP contribution in [0.15, 0.2) is 42.7 Å². The third-order valence-electron chi connectivity index (χ3n) is 4.42. The van der Waals surface area contributed by atoms with Gasteiger partial charge in [-0.1, -0.05) is 0 Å². The van der Waals surface area contributed by atoms with Gasteiger partial charge in [0.25, 0.3) is 0 Å². The molecule has 3 rings (SSSR count). The van der Waals surface area contributed by atoms with Crippen LogP contribution >= 0.6 is 0 Å². The highest BCUT2D eigenvalue weighted by atomic mass is 16.5. The Balaban J connectivity index is 2.12. The van der Waals surface area contributed by atoms with Gasteiger partial charge in [0.2, 0.25) is 0 Å². The van der Waals surface area contributed by atoms with Crippen LogP contribution in [-0.2, 0) is 0 Å². The van der Waals surface area contributed by atoms with Crippen LogP contribution in [0.5, 0.6) is 11.5 Å². The fourth-order valence-corrected chi connectivity index (χ4v) is 2.64. The zero-order chi connectivity index (χ0) is 16.7. The third kappa shape index (κ3) is 2.51. The summed E-state index contributed by atoms with van der Waals surface area (Å²) in [6.45, 7) is 5.31. The quantitative estimate of drug-likeness (QED) is 0.923. The summed E-state index contributed by atoms with van der Waals surface area (Å²) < 4.78 is 12.0. The molecule has 1 N–H and O–H groups in total. The molecule has 0 amide bonds. The molecule has 0 aliphatic carbocycles. The molecule has 0 saturated carbocycles. The average molecular weight is 310 g/mol. The minimum Gasteiger partial charge on any atom is -0.484 e. The van der Waals surface area contributed by atoms with Crippen molar-refractivity contribution in [1.29, 1.82) is 5.26 Å². The molecule has 23 heavy (non-hydrogen) atoms. The second kappa shape index (κ2) is 5.25. The van der Waals surface area contributed by atoms with E-state index in [4.69, 9.17) is 14.7 Å². The Hall–Kier alpha value is -2.58. The van der Waals surface area contributed by atoms with Gasteiger partial charge in [-0.15, -0.1) is 0 Å². The van der Waals surface area contributed by atoms with E-state index >= 15 is 0 Å². The predicted molar refractivity (Wildman–Crippen MR) is 84.1 cm³/mol. The lowest BCUT2D eigenvalue weighted by atomic mass is 9.77. The minimum atomic E-state index is -1.29. The molecule has 0 spiro atoms. The van der Waals surface area contributed by atoms with Gasteiger partial charge in [-0.2, -0.15) is 5.26 Å². The van der Waals surface area contributed by atoms with E-state index in [1.165, 1.54) is 0 Å². The molecule has 0 fully saturated rings. The normalized spacial score (nSPS) is 24.9. The summed E-state index contributed by atoms with van der Waals surface area (Å²) in [5, 5.41) is 20.2. The lowest BCUT2D eigenvalue weighted by molar-refractivity contribution is -0.174. The molecule has 5 nitrogen and oxygen atoms in total. The summed E-state index contributed by atoms with van der Waals surface area (Å²) in [5.41, 5.74) is -1.00. The molecule has 2 aromatic rings. The summed E-state index contributed by atoms with van der Waals surface area (Å²) in [5.74, 6) is 1.20. The number of ether oxygens (including phenoxy) is 2. The lowest BCUT2D eigenvalue weighted by Crippen LogP contribution is -2.59. The van der Waals surface area contributed by atoms with Gasteiger partial charge < -0.3 is 14.6 Å². The zero-order valence-electron chi connectivity index (χ0n) is 13.3. The van der Waals surface area contributed by atoms with Crippen LogP contribution in [0.3, 0.4) is 0 Å². The highest BCUT2D eigenvalue weighted by Crippen LogP contribution is 2.48. The SMILES string of the molecule is CC1(C)Oc2ccc(C#N)cc2C(Oc2ccncc2)C1(C)O. The molecule has 1 aromatic carbocycles. The van der Waals surface area contributed by atoms with Crippen molar-refractivity contribution >= 4 is 0 Å². The first-order valence-electron chi connectivity index (χ1n) is 7.37. The molecule has 2 unspecified atom stereocenters. The molecule has 2 heterocycles. The van der Waals surface area contributed by atoms with Crippen LogP contribution in [-0.4, -0.2) is 21.3 Å². The Kier molecular flexibility index (Phi) is 3.50. The smallest absolute Gasteiger partial charge is 0.160 e. The van der Waals surface area contributed by atoms with E-state index in [1.54, 1.807) is 49.6 Å². The standard InChI is InChI=1S/C18H18N2O3/c1-17(2)18(3,21)16(22-13-6-8-20-9-7-13)14-10-12(11-19)4-5-15(14)23-17/h4-10,16,21H,1-3H3.